The molecular formula is C55H103N13O15. The van der Waals surface area contributed by atoms with Crippen molar-refractivity contribution >= 4 is 64.6 Å². The van der Waals surface area contributed by atoms with Crippen LogP contribution in [0.4, 0.5) is 0 Å². The molecule has 0 saturated carbocycles. The van der Waals surface area contributed by atoms with Crippen LogP contribution in [0.5, 0.6) is 0 Å². The average molecular weight is 1190 g/mol. The molecule has 0 aliphatic carbocycles. The zero-order valence-corrected chi connectivity index (χ0v) is 50.8. The Morgan fingerprint density at radius 1 is 0.446 bits per heavy atom. The van der Waals surface area contributed by atoms with Crippen molar-refractivity contribution in [2.75, 3.05) is 98.7 Å². The molecule has 0 bridgehead atoms. The number of oxime groups is 2. The van der Waals surface area contributed by atoms with Crippen molar-refractivity contribution in [2.45, 2.75) is 175 Å². The highest BCUT2D eigenvalue weighted by Crippen LogP contribution is 2.11. The molecule has 28 nitrogen and oxygen atoms in total. The number of nitrogens with zero attached hydrogens (tertiary/aromatic N) is 2. The second kappa shape index (κ2) is 46.3. The van der Waals surface area contributed by atoms with E-state index in [1.54, 1.807) is 27.7 Å². The Hall–Kier alpha value is -6.07. The van der Waals surface area contributed by atoms with Crippen LogP contribution in [-0.2, 0) is 62.1 Å². The van der Waals surface area contributed by atoms with Gasteiger partial charge in [-0.1, -0.05) is 37.0 Å². The second-order valence-electron chi connectivity index (χ2n) is 21.6. The van der Waals surface area contributed by atoms with Gasteiger partial charge in [0.1, 0.15) is 19.3 Å². The fourth-order valence-electron chi connectivity index (χ4n) is 7.36. The molecule has 1 unspecified atom stereocenters. The third-order valence-electron chi connectivity index (χ3n) is 13.6. The maximum atomic E-state index is 13.3. The molecule has 0 heterocycles. The van der Waals surface area contributed by atoms with Crippen molar-refractivity contribution in [2.24, 2.45) is 33.6 Å². The van der Waals surface area contributed by atoms with Gasteiger partial charge >= 0.3 is 0 Å². The zero-order chi connectivity index (χ0) is 62.5. The maximum Gasteiger partial charge on any atom is 0.246 e. The van der Waals surface area contributed by atoms with E-state index in [9.17, 15) is 53.6 Å². The van der Waals surface area contributed by atoms with E-state index in [4.69, 9.17) is 30.4 Å². The number of primary amides is 2. The number of unbranched alkanes of at least 4 members (excludes halogenated alkanes) is 3. The highest BCUT2D eigenvalue weighted by atomic mass is 16.5. The second-order valence-corrected chi connectivity index (χ2v) is 21.6. The van der Waals surface area contributed by atoms with Gasteiger partial charge in [0.2, 0.25) is 53.2 Å². The third kappa shape index (κ3) is 41.6. The molecule has 0 fully saturated rings. The number of ether oxygens (including phenoxy) is 4. The molecule has 0 saturated heterocycles. The van der Waals surface area contributed by atoms with Gasteiger partial charge in [-0.05, 0) is 99.3 Å². The summed E-state index contributed by atoms with van der Waals surface area (Å²) in [4.78, 5) is 111. The van der Waals surface area contributed by atoms with Crippen molar-refractivity contribution in [1.29, 1.82) is 0 Å². The summed E-state index contributed by atoms with van der Waals surface area (Å²) in [7, 11) is 0. The number of hydrogen-bond acceptors (Lipinski definition) is 19. The van der Waals surface area contributed by atoms with Gasteiger partial charge in [-0.15, -0.1) is 0 Å². The van der Waals surface area contributed by atoms with E-state index in [1.807, 2.05) is 27.7 Å². The van der Waals surface area contributed by atoms with Gasteiger partial charge in [0, 0.05) is 83.3 Å². The maximum absolute atomic E-state index is 13.3. The van der Waals surface area contributed by atoms with E-state index < -0.39 is 35.0 Å². The summed E-state index contributed by atoms with van der Waals surface area (Å²) in [6, 6.07) is -1.33. The van der Waals surface area contributed by atoms with Crippen molar-refractivity contribution in [1.82, 2.24) is 47.9 Å². The zero-order valence-electron chi connectivity index (χ0n) is 50.8. The van der Waals surface area contributed by atoms with Crippen LogP contribution < -0.4 is 59.3 Å². The Labute approximate surface area is 490 Å². The summed E-state index contributed by atoms with van der Waals surface area (Å²) in [6.45, 7) is 17.5. The first kappa shape index (κ1) is 76.9. The minimum absolute atomic E-state index is 0.0182. The van der Waals surface area contributed by atoms with E-state index in [0.717, 1.165) is 12.8 Å². The number of nitrogens with two attached hydrogens (primary N) is 2. The Morgan fingerprint density at radius 3 is 1.24 bits per heavy atom. The molecule has 478 valence electrons. The molecule has 0 aromatic heterocycles. The molecule has 83 heavy (non-hydrogen) atoms. The van der Waals surface area contributed by atoms with E-state index in [0.29, 0.717) is 76.0 Å². The molecule has 9 amide bonds. The molecule has 0 radical (unpaired) electrons. The van der Waals surface area contributed by atoms with Crippen LogP contribution >= 0.6 is 0 Å². The van der Waals surface area contributed by atoms with E-state index in [-0.39, 0.29) is 171 Å². The van der Waals surface area contributed by atoms with Crippen LogP contribution in [-0.4, -0.2) is 197 Å². The SMILES string of the molecule is C/C(=N\O)C(C)(C)NCC(CNC(C)(C)/C(C)=N/O)NC(=O)CCCC(=O)NC(CCCCNC(=O)CCCC(=O)NCCOCCOCC(=O)NCCOCCOCC(=O)NCCCC[C@H](C)C(N)=O)C(=O)NCCCC[C@H](C)C(N)=O. The molecule has 0 aliphatic heterocycles. The molecule has 0 aliphatic rings. The predicted octanol–water partition coefficient (Wildman–Crippen LogP) is 0.134. The average Bonchev–Trinajstić information content (AvgIpc) is 3.43. The lowest BCUT2D eigenvalue weighted by atomic mass is 9.98. The minimum Gasteiger partial charge on any atom is -0.411 e. The molecule has 0 rings (SSSR count). The van der Waals surface area contributed by atoms with Crippen LogP contribution in [0, 0.1) is 11.8 Å². The van der Waals surface area contributed by atoms with Gasteiger partial charge < -0.3 is 88.7 Å². The highest BCUT2D eigenvalue weighted by Gasteiger charge is 2.27. The molecule has 0 spiro atoms. The van der Waals surface area contributed by atoms with Gasteiger partial charge in [0.25, 0.3) is 0 Å². The van der Waals surface area contributed by atoms with E-state index in [1.165, 1.54) is 0 Å². The summed E-state index contributed by atoms with van der Waals surface area (Å²) >= 11 is 0. The first-order chi connectivity index (χ1) is 39.3. The van der Waals surface area contributed by atoms with E-state index in [2.05, 4.69) is 58.2 Å². The topological polar surface area (TPSA) is 416 Å². The van der Waals surface area contributed by atoms with Crippen LogP contribution in [0.15, 0.2) is 10.3 Å². The summed E-state index contributed by atoms with van der Waals surface area (Å²) in [5.74, 6) is -3.34. The number of amides is 9. The summed E-state index contributed by atoms with van der Waals surface area (Å²) < 4.78 is 21.4. The Kier molecular flexibility index (Phi) is 42.9. The van der Waals surface area contributed by atoms with Gasteiger partial charge in [-0.2, -0.15) is 0 Å². The third-order valence-corrected chi connectivity index (χ3v) is 13.6. The number of carbonyl (C=O) groups excluding carboxylic acids is 9. The molecule has 28 heteroatoms. The molecular weight excluding hydrogens is 1080 g/mol. The Balaban J connectivity index is 4.57. The monoisotopic (exact) mass is 1190 g/mol. The lowest BCUT2D eigenvalue weighted by Crippen LogP contribution is -2.57. The van der Waals surface area contributed by atoms with Gasteiger partial charge in [0.05, 0.1) is 68.2 Å². The number of nitrogens with one attached hydrogen (secondary N) is 9. The van der Waals surface area contributed by atoms with Gasteiger partial charge in [-0.25, -0.2) is 0 Å². The first-order valence-corrected chi connectivity index (χ1v) is 29.1. The first-order valence-electron chi connectivity index (χ1n) is 29.1. The number of rotatable bonds is 52. The van der Waals surface area contributed by atoms with Crippen molar-refractivity contribution in [3.8, 4) is 0 Å². The molecule has 0 aromatic carbocycles. The smallest absolute Gasteiger partial charge is 0.246 e. The largest absolute Gasteiger partial charge is 0.411 e. The van der Waals surface area contributed by atoms with Crippen LogP contribution in [0.2, 0.25) is 0 Å². The standard InChI is InChI=1S/C55H103N13O15/c1-39(51(56)75)17-9-12-25-59-49(73)37-82-33-32-81-30-28-61-50(74)38-83-34-31-80-29-27-60-46(70)21-15-20-45(69)58-24-14-11-19-44(53(77)62-26-13-10-18-40(2)52(57)76)66-48(72)23-16-22-47(71)65-43(35-63-54(5,6)41(3)67-78)36-64-55(7,8)42(4)68-79/h39-40,43-44,63-64,78-79H,9-38H2,1-8H3,(H2,56,75)(H2,57,76)(H,58,69)(H,59,73)(H,60,70)(H,61,74)(H,62,77)(H,65,71)(H,66,72)/b67-41+,68-42+/t39-,40-,44?/m0/s1. The quantitative estimate of drug-likeness (QED) is 0.0167. The Morgan fingerprint density at radius 2 is 0.807 bits per heavy atom. The molecule has 0 aromatic rings. The fourth-order valence-corrected chi connectivity index (χ4v) is 7.36. The van der Waals surface area contributed by atoms with Crippen molar-refractivity contribution in [3.63, 3.8) is 0 Å². The number of carbonyl (C=O) groups is 9. The lowest BCUT2D eigenvalue weighted by molar-refractivity contribution is -0.129. The molecule has 3 atom stereocenters. The predicted molar refractivity (Wildman–Crippen MR) is 312 cm³/mol. The van der Waals surface area contributed by atoms with Crippen LogP contribution in [0.3, 0.4) is 0 Å². The molecule has 15 N–H and O–H groups in total. The normalized spacial score (nSPS) is 13.4. The summed E-state index contributed by atoms with van der Waals surface area (Å²) in [5.41, 5.74) is 10.1. The Bertz CT molecular complexity index is 1960. The van der Waals surface area contributed by atoms with Crippen molar-refractivity contribution < 1.29 is 72.5 Å². The van der Waals surface area contributed by atoms with Crippen LogP contribution in [0.25, 0.3) is 0 Å². The summed E-state index contributed by atoms with van der Waals surface area (Å²) in [5, 5.41) is 51.5. The van der Waals surface area contributed by atoms with Gasteiger partial charge in [-0.3, -0.25) is 43.2 Å². The number of hydrogen-bond donors (Lipinski definition) is 13. The highest BCUT2D eigenvalue weighted by molar-refractivity contribution is 5.91. The summed E-state index contributed by atoms with van der Waals surface area (Å²) in [6.07, 6.45) is 6.09. The minimum atomic E-state index is -0.876. The lowest BCUT2D eigenvalue weighted by Gasteiger charge is -2.32. The fraction of sp³-hybridized carbons (Fsp3) is 0.800. The van der Waals surface area contributed by atoms with Crippen LogP contribution in [0.1, 0.15) is 152 Å². The van der Waals surface area contributed by atoms with Gasteiger partial charge in [0.15, 0.2) is 0 Å². The van der Waals surface area contributed by atoms with Crippen molar-refractivity contribution in [3.05, 3.63) is 0 Å². The van der Waals surface area contributed by atoms with E-state index >= 15 is 0 Å².